The number of hydrogen-bond acceptors (Lipinski definition) is 2. The van der Waals surface area contributed by atoms with Gasteiger partial charge in [0.05, 0.1) is 6.04 Å². The van der Waals surface area contributed by atoms with Crippen molar-refractivity contribution in [3.05, 3.63) is 0 Å². The van der Waals surface area contributed by atoms with Gasteiger partial charge in [0.2, 0.25) is 5.91 Å². The summed E-state index contributed by atoms with van der Waals surface area (Å²) < 4.78 is 0. The molecule has 1 amide bonds. The molecule has 3 heteroatoms. The minimum absolute atomic E-state index is 0.0904. The summed E-state index contributed by atoms with van der Waals surface area (Å²) in [6.45, 7) is 8.29. The van der Waals surface area contributed by atoms with Crippen molar-refractivity contribution in [2.75, 3.05) is 14.1 Å². The molecule has 1 N–H and O–H groups in total. The lowest BCUT2D eigenvalue weighted by molar-refractivity contribution is -0.130. The van der Waals surface area contributed by atoms with Gasteiger partial charge < -0.3 is 10.2 Å². The van der Waals surface area contributed by atoms with Gasteiger partial charge in [-0.25, -0.2) is 0 Å². The van der Waals surface area contributed by atoms with Gasteiger partial charge in [0.1, 0.15) is 0 Å². The van der Waals surface area contributed by atoms with E-state index in [-0.39, 0.29) is 11.9 Å². The van der Waals surface area contributed by atoms with Gasteiger partial charge in [0.15, 0.2) is 0 Å². The average Bonchev–Trinajstić information content (AvgIpc) is 2.02. The van der Waals surface area contributed by atoms with Gasteiger partial charge in [-0.2, -0.15) is 0 Å². The molecular weight excluding hydrogens is 164 g/mol. The molecule has 0 aliphatic heterocycles. The van der Waals surface area contributed by atoms with Crippen LogP contribution in [0.5, 0.6) is 0 Å². The van der Waals surface area contributed by atoms with Crippen molar-refractivity contribution >= 4 is 5.91 Å². The van der Waals surface area contributed by atoms with Crippen LogP contribution in [0.3, 0.4) is 0 Å². The lowest BCUT2D eigenvalue weighted by Gasteiger charge is -2.24. The molecule has 0 fully saturated rings. The van der Waals surface area contributed by atoms with Crippen LogP contribution in [-0.2, 0) is 4.79 Å². The predicted molar refractivity (Wildman–Crippen MR) is 55.6 cm³/mol. The first-order chi connectivity index (χ1) is 5.86. The molecule has 0 radical (unpaired) electrons. The molecule has 13 heavy (non-hydrogen) atoms. The van der Waals surface area contributed by atoms with E-state index in [0.29, 0.717) is 12.0 Å². The maximum absolute atomic E-state index is 11.5. The topological polar surface area (TPSA) is 32.3 Å². The third-order valence-electron chi connectivity index (χ3n) is 2.32. The zero-order valence-corrected chi connectivity index (χ0v) is 9.59. The fraction of sp³-hybridized carbons (Fsp3) is 0.900. The van der Waals surface area contributed by atoms with Crippen LogP contribution in [0.4, 0.5) is 0 Å². The number of amides is 1. The second-order valence-corrected chi connectivity index (χ2v) is 4.15. The number of carbonyl (C=O) groups excluding carboxylic acids is 1. The van der Waals surface area contributed by atoms with E-state index in [1.165, 1.54) is 0 Å². The van der Waals surface area contributed by atoms with Crippen LogP contribution < -0.4 is 5.32 Å². The molecule has 0 saturated carbocycles. The summed E-state index contributed by atoms with van der Waals surface area (Å²) in [5.74, 6) is 0.685. The molecule has 0 aromatic rings. The van der Waals surface area contributed by atoms with Crippen molar-refractivity contribution in [2.45, 2.75) is 39.8 Å². The summed E-state index contributed by atoms with van der Waals surface area (Å²) in [6.07, 6.45) is 0. The molecule has 0 aliphatic carbocycles. The lowest BCUT2D eigenvalue weighted by atomic mass is 10.1. The Hall–Kier alpha value is -0.570. The van der Waals surface area contributed by atoms with Crippen molar-refractivity contribution in [3.63, 3.8) is 0 Å². The van der Waals surface area contributed by atoms with E-state index in [2.05, 4.69) is 26.1 Å². The Balaban J connectivity index is 4.00. The highest BCUT2D eigenvalue weighted by molar-refractivity contribution is 5.80. The maximum atomic E-state index is 11.5. The van der Waals surface area contributed by atoms with Crippen molar-refractivity contribution in [1.29, 1.82) is 0 Å². The molecule has 0 saturated heterocycles. The van der Waals surface area contributed by atoms with E-state index in [0.717, 1.165) is 0 Å². The Morgan fingerprint density at radius 2 is 1.62 bits per heavy atom. The van der Waals surface area contributed by atoms with Gasteiger partial charge in [-0.1, -0.05) is 13.8 Å². The second kappa shape index (κ2) is 5.22. The minimum atomic E-state index is -0.0904. The van der Waals surface area contributed by atoms with E-state index < -0.39 is 0 Å². The van der Waals surface area contributed by atoms with E-state index in [1.807, 2.05) is 6.92 Å². The summed E-state index contributed by atoms with van der Waals surface area (Å²) in [5, 5.41) is 3.27. The third-order valence-corrected chi connectivity index (χ3v) is 2.32. The quantitative estimate of drug-likeness (QED) is 0.713. The summed E-state index contributed by atoms with van der Waals surface area (Å²) in [5.41, 5.74) is 0. The Morgan fingerprint density at radius 3 is 1.92 bits per heavy atom. The standard InChI is InChI=1S/C10H22N2O/c1-7(2)8(3)11-9(4)10(13)12(5)6/h7-9,11H,1-6H3/t8?,9-/m1/s1. The highest BCUT2D eigenvalue weighted by atomic mass is 16.2. The van der Waals surface area contributed by atoms with Crippen LogP contribution in [0.1, 0.15) is 27.7 Å². The molecule has 78 valence electrons. The summed E-state index contributed by atoms with van der Waals surface area (Å²) in [6, 6.07) is 0.284. The summed E-state index contributed by atoms with van der Waals surface area (Å²) in [7, 11) is 3.56. The number of rotatable bonds is 4. The monoisotopic (exact) mass is 186 g/mol. The number of carbonyl (C=O) groups is 1. The van der Waals surface area contributed by atoms with Crippen LogP contribution in [0.25, 0.3) is 0 Å². The molecule has 0 rings (SSSR count). The van der Waals surface area contributed by atoms with Gasteiger partial charge in [0, 0.05) is 20.1 Å². The number of nitrogens with zero attached hydrogens (tertiary/aromatic N) is 1. The Labute approximate surface area is 81.5 Å². The van der Waals surface area contributed by atoms with Crippen LogP contribution in [0.15, 0.2) is 0 Å². The molecular formula is C10H22N2O. The third kappa shape index (κ3) is 4.27. The SMILES string of the molecule is CC(C)C(C)N[C@H](C)C(=O)N(C)C. The molecule has 0 bridgehead atoms. The zero-order valence-electron chi connectivity index (χ0n) is 9.59. The van der Waals surface area contributed by atoms with Gasteiger partial charge in [-0.3, -0.25) is 4.79 Å². The highest BCUT2D eigenvalue weighted by Crippen LogP contribution is 2.01. The van der Waals surface area contributed by atoms with Gasteiger partial charge >= 0.3 is 0 Å². The first-order valence-corrected chi connectivity index (χ1v) is 4.83. The Bertz CT molecular complexity index is 166. The molecule has 0 aromatic carbocycles. The van der Waals surface area contributed by atoms with Crippen molar-refractivity contribution in [1.82, 2.24) is 10.2 Å². The van der Waals surface area contributed by atoms with E-state index in [4.69, 9.17) is 0 Å². The van der Waals surface area contributed by atoms with E-state index in [9.17, 15) is 4.79 Å². The summed E-state index contributed by atoms with van der Waals surface area (Å²) >= 11 is 0. The second-order valence-electron chi connectivity index (χ2n) is 4.15. The molecule has 2 atom stereocenters. The highest BCUT2D eigenvalue weighted by Gasteiger charge is 2.17. The van der Waals surface area contributed by atoms with Crippen LogP contribution in [-0.4, -0.2) is 37.0 Å². The van der Waals surface area contributed by atoms with Gasteiger partial charge in [0.25, 0.3) is 0 Å². The smallest absolute Gasteiger partial charge is 0.238 e. The van der Waals surface area contributed by atoms with Crippen molar-refractivity contribution in [3.8, 4) is 0 Å². The predicted octanol–water partition coefficient (Wildman–Crippen LogP) is 1.10. The number of nitrogens with one attached hydrogen (secondary N) is 1. The molecule has 0 heterocycles. The molecule has 0 aromatic heterocycles. The molecule has 3 nitrogen and oxygen atoms in total. The van der Waals surface area contributed by atoms with Crippen molar-refractivity contribution < 1.29 is 4.79 Å². The average molecular weight is 186 g/mol. The van der Waals surface area contributed by atoms with Crippen molar-refractivity contribution in [2.24, 2.45) is 5.92 Å². The van der Waals surface area contributed by atoms with Crippen LogP contribution in [0, 0.1) is 5.92 Å². The van der Waals surface area contributed by atoms with Gasteiger partial charge in [-0.05, 0) is 19.8 Å². The number of likely N-dealkylation sites (N-methyl/N-ethyl adjacent to an activating group) is 1. The first-order valence-electron chi connectivity index (χ1n) is 4.83. The van der Waals surface area contributed by atoms with E-state index in [1.54, 1.807) is 19.0 Å². The number of hydrogen-bond donors (Lipinski definition) is 1. The molecule has 1 unspecified atom stereocenters. The Morgan fingerprint density at radius 1 is 1.15 bits per heavy atom. The van der Waals surface area contributed by atoms with Crippen LogP contribution in [0.2, 0.25) is 0 Å². The normalized spacial score (nSPS) is 15.6. The fourth-order valence-corrected chi connectivity index (χ4v) is 1.05. The van der Waals surface area contributed by atoms with E-state index >= 15 is 0 Å². The fourth-order valence-electron chi connectivity index (χ4n) is 1.05. The summed E-state index contributed by atoms with van der Waals surface area (Å²) in [4.78, 5) is 13.1. The first kappa shape index (κ1) is 12.4. The molecule has 0 spiro atoms. The molecule has 0 aliphatic rings. The Kier molecular flexibility index (Phi) is 4.99. The maximum Gasteiger partial charge on any atom is 0.238 e. The van der Waals surface area contributed by atoms with Gasteiger partial charge in [-0.15, -0.1) is 0 Å². The zero-order chi connectivity index (χ0) is 10.6. The minimum Gasteiger partial charge on any atom is -0.347 e. The largest absolute Gasteiger partial charge is 0.347 e. The van der Waals surface area contributed by atoms with Crippen LogP contribution >= 0.6 is 0 Å². The lowest BCUT2D eigenvalue weighted by Crippen LogP contribution is -2.46.